The molecule has 3 rings (SSSR count). The maximum absolute atomic E-state index is 12.3. The number of carbonyl (C=O) groups excluding carboxylic acids is 3. The summed E-state index contributed by atoms with van der Waals surface area (Å²) in [7, 11) is 0. The van der Waals surface area contributed by atoms with Crippen LogP contribution in [0.3, 0.4) is 0 Å². The third kappa shape index (κ3) is 7.34. The molecule has 0 saturated carbocycles. The van der Waals surface area contributed by atoms with Gasteiger partial charge in [-0.1, -0.05) is 37.3 Å². The number of aryl methyl sites for hydroxylation is 1. The van der Waals surface area contributed by atoms with Crippen molar-refractivity contribution >= 4 is 34.3 Å². The lowest BCUT2D eigenvalue weighted by Crippen LogP contribution is -2.32. The van der Waals surface area contributed by atoms with E-state index in [4.69, 9.17) is 4.74 Å². The Morgan fingerprint density at radius 1 is 1.12 bits per heavy atom. The largest absolute Gasteiger partial charge is 0.454 e. The average Bonchev–Trinajstić information content (AvgIpc) is 3.29. The van der Waals surface area contributed by atoms with Crippen LogP contribution in [0.1, 0.15) is 22.8 Å². The number of alkyl halides is 2. The van der Waals surface area contributed by atoms with Crippen molar-refractivity contribution in [1.29, 1.82) is 0 Å². The fraction of sp³-hybridized carbons (Fsp3) is 0.217. The van der Waals surface area contributed by atoms with Gasteiger partial charge in [0.1, 0.15) is 12.3 Å². The van der Waals surface area contributed by atoms with E-state index in [0.717, 1.165) is 18.1 Å². The number of halogens is 2. The first-order valence-corrected chi connectivity index (χ1v) is 11.1. The standard InChI is InChI=1S/C23H21F2N3O5S/c1-2-14-6-8-15(9-7-14)18-13-34-23(27-18)28-19(29)12-32-20(30)11-26-21(31)16-4-3-5-17(10-16)33-22(24)25/h3-10,13,22H,2,11-12H2,1H3,(H,26,31)(H,27,28,29). The van der Waals surface area contributed by atoms with Crippen LogP contribution in [-0.4, -0.2) is 42.5 Å². The summed E-state index contributed by atoms with van der Waals surface area (Å²) >= 11 is 1.24. The Kier molecular flexibility index (Phi) is 8.63. The molecule has 1 aromatic heterocycles. The Morgan fingerprint density at radius 3 is 2.59 bits per heavy atom. The highest BCUT2D eigenvalue weighted by Crippen LogP contribution is 2.25. The second-order valence-electron chi connectivity index (χ2n) is 6.89. The molecular weight excluding hydrogens is 468 g/mol. The van der Waals surface area contributed by atoms with E-state index >= 15 is 0 Å². The molecule has 0 saturated heterocycles. The number of ether oxygens (including phenoxy) is 2. The molecule has 0 fully saturated rings. The number of anilines is 1. The minimum atomic E-state index is -3.03. The number of thiazole rings is 1. The second-order valence-corrected chi connectivity index (χ2v) is 7.74. The number of amides is 2. The van der Waals surface area contributed by atoms with Gasteiger partial charge >= 0.3 is 12.6 Å². The van der Waals surface area contributed by atoms with Crippen molar-refractivity contribution in [3.8, 4) is 17.0 Å². The Hall–Kier alpha value is -3.86. The lowest BCUT2D eigenvalue weighted by atomic mass is 10.1. The molecule has 0 bridgehead atoms. The molecule has 3 aromatic rings. The van der Waals surface area contributed by atoms with E-state index in [1.54, 1.807) is 5.38 Å². The van der Waals surface area contributed by atoms with E-state index in [-0.39, 0.29) is 11.3 Å². The lowest BCUT2D eigenvalue weighted by molar-refractivity contribution is -0.146. The lowest BCUT2D eigenvalue weighted by Gasteiger charge is -2.08. The normalized spacial score (nSPS) is 10.6. The van der Waals surface area contributed by atoms with Crippen molar-refractivity contribution < 1.29 is 32.6 Å². The van der Waals surface area contributed by atoms with E-state index < -0.39 is 37.5 Å². The first-order valence-electron chi connectivity index (χ1n) is 10.2. The van der Waals surface area contributed by atoms with E-state index in [9.17, 15) is 23.2 Å². The highest BCUT2D eigenvalue weighted by Gasteiger charge is 2.14. The van der Waals surface area contributed by atoms with Gasteiger partial charge in [-0.3, -0.25) is 19.7 Å². The molecule has 0 spiro atoms. The Morgan fingerprint density at radius 2 is 1.88 bits per heavy atom. The fourth-order valence-electron chi connectivity index (χ4n) is 2.80. The van der Waals surface area contributed by atoms with Gasteiger partial charge in [0.2, 0.25) is 0 Å². The van der Waals surface area contributed by atoms with Gasteiger partial charge in [-0.25, -0.2) is 4.98 Å². The molecule has 2 aromatic carbocycles. The first kappa shape index (κ1) is 24.8. The van der Waals surface area contributed by atoms with Gasteiger partial charge in [-0.2, -0.15) is 8.78 Å². The van der Waals surface area contributed by atoms with Crippen molar-refractivity contribution in [2.45, 2.75) is 20.0 Å². The Balaban J connectivity index is 1.42. The topological polar surface area (TPSA) is 107 Å². The Bertz CT molecular complexity index is 1150. The number of nitrogens with one attached hydrogen (secondary N) is 2. The smallest absolute Gasteiger partial charge is 0.387 e. The summed E-state index contributed by atoms with van der Waals surface area (Å²) in [5.41, 5.74) is 2.86. The van der Waals surface area contributed by atoms with E-state index in [0.29, 0.717) is 10.8 Å². The number of aromatic nitrogens is 1. The number of rotatable bonds is 10. The van der Waals surface area contributed by atoms with Crippen molar-refractivity contribution in [2.75, 3.05) is 18.5 Å². The van der Waals surface area contributed by atoms with E-state index in [1.807, 2.05) is 24.3 Å². The summed E-state index contributed by atoms with van der Waals surface area (Å²) < 4.78 is 33.6. The molecule has 2 amide bonds. The number of nitrogens with zero attached hydrogens (tertiary/aromatic N) is 1. The quantitative estimate of drug-likeness (QED) is 0.419. The molecule has 0 atom stereocenters. The highest BCUT2D eigenvalue weighted by molar-refractivity contribution is 7.14. The van der Waals surface area contributed by atoms with Gasteiger partial charge < -0.3 is 14.8 Å². The van der Waals surface area contributed by atoms with Crippen LogP contribution in [0, 0.1) is 0 Å². The first-order chi connectivity index (χ1) is 16.3. The third-order valence-electron chi connectivity index (χ3n) is 4.49. The molecule has 178 valence electrons. The predicted molar refractivity (Wildman–Crippen MR) is 122 cm³/mol. The number of esters is 1. The summed E-state index contributed by atoms with van der Waals surface area (Å²) in [5, 5.41) is 7.00. The molecule has 0 unspecified atom stereocenters. The minimum absolute atomic E-state index is 0.0209. The summed E-state index contributed by atoms with van der Waals surface area (Å²) in [6.45, 7) is -2.03. The van der Waals surface area contributed by atoms with Crippen LogP contribution < -0.4 is 15.4 Å². The van der Waals surface area contributed by atoms with Crippen LogP contribution in [0.25, 0.3) is 11.3 Å². The van der Waals surface area contributed by atoms with Crippen molar-refractivity contribution in [1.82, 2.24) is 10.3 Å². The van der Waals surface area contributed by atoms with Crippen molar-refractivity contribution in [3.05, 3.63) is 65.0 Å². The summed E-state index contributed by atoms with van der Waals surface area (Å²) in [5.74, 6) is -2.31. The SMILES string of the molecule is CCc1ccc(-c2csc(NC(=O)COC(=O)CNC(=O)c3cccc(OC(F)F)c3)n2)cc1. The zero-order valence-electron chi connectivity index (χ0n) is 18.0. The summed E-state index contributed by atoms with van der Waals surface area (Å²) in [6.07, 6.45) is 0.935. The van der Waals surface area contributed by atoms with Crippen LogP contribution >= 0.6 is 11.3 Å². The summed E-state index contributed by atoms with van der Waals surface area (Å²) in [4.78, 5) is 40.3. The van der Waals surface area contributed by atoms with Crippen LogP contribution in [0.4, 0.5) is 13.9 Å². The number of carbonyl (C=O) groups is 3. The monoisotopic (exact) mass is 489 g/mol. The molecule has 0 radical (unpaired) electrons. The second kappa shape index (κ2) is 11.8. The van der Waals surface area contributed by atoms with Crippen LogP contribution in [-0.2, 0) is 20.7 Å². The van der Waals surface area contributed by atoms with Crippen LogP contribution in [0.2, 0.25) is 0 Å². The molecule has 0 aliphatic rings. The number of hydrogen-bond acceptors (Lipinski definition) is 7. The minimum Gasteiger partial charge on any atom is -0.454 e. The van der Waals surface area contributed by atoms with Gasteiger partial charge in [0.15, 0.2) is 11.7 Å². The van der Waals surface area contributed by atoms with E-state index in [1.165, 1.54) is 35.1 Å². The number of benzene rings is 2. The predicted octanol–water partition coefficient (Wildman–Crippen LogP) is 3.89. The van der Waals surface area contributed by atoms with Gasteiger partial charge in [-0.05, 0) is 30.2 Å². The molecule has 0 aliphatic heterocycles. The van der Waals surface area contributed by atoms with Crippen LogP contribution in [0.5, 0.6) is 5.75 Å². The third-order valence-corrected chi connectivity index (χ3v) is 5.25. The van der Waals surface area contributed by atoms with E-state index in [2.05, 4.69) is 27.3 Å². The summed E-state index contributed by atoms with van der Waals surface area (Å²) in [6, 6.07) is 13.0. The van der Waals surface area contributed by atoms with Gasteiger partial charge in [-0.15, -0.1) is 11.3 Å². The van der Waals surface area contributed by atoms with Gasteiger partial charge in [0.05, 0.1) is 5.69 Å². The molecule has 8 nitrogen and oxygen atoms in total. The zero-order chi connectivity index (χ0) is 24.5. The maximum atomic E-state index is 12.3. The average molecular weight is 490 g/mol. The molecule has 34 heavy (non-hydrogen) atoms. The van der Waals surface area contributed by atoms with Crippen molar-refractivity contribution in [2.24, 2.45) is 0 Å². The maximum Gasteiger partial charge on any atom is 0.387 e. The molecule has 11 heteroatoms. The molecule has 0 aliphatic carbocycles. The molecular formula is C23H21F2N3O5S. The van der Waals surface area contributed by atoms with Crippen LogP contribution in [0.15, 0.2) is 53.9 Å². The fourth-order valence-corrected chi connectivity index (χ4v) is 3.53. The molecule has 1 heterocycles. The van der Waals surface area contributed by atoms with Gasteiger partial charge in [0.25, 0.3) is 11.8 Å². The highest BCUT2D eigenvalue weighted by atomic mass is 32.1. The van der Waals surface area contributed by atoms with Gasteiger partial charge in [0, 0.05) is 16.5 Å². The zero-order valence-corrected chi connectivity index (χ0v) is 18.9. The molecule has 2 N–H and O–H groups in total. The van der Waals surface area contributed by atoms with Crippen molar-refractivity contribution in [3.63, 3.8) is 0 Å². The Labute approximate surface area is 197 Å². The number of hydrogen-bond donors (Lipinski definition) is 2.